The molecule has 232 valence electrons. The Kier molecular flexibility index (Phi) is 7.13. The lowest BCUT2D eigenvalue weighted by Crippen LogP contribution is -1.99. The summed E-state index contributed by atoms with van der Waals surface area (Å²) in [6.07, 6.45) is 0.876. The van der Waals surface area contributed by atoms with Crippen LogP contribution in [0.4, 0.5) is 0 Å². The first kappa shape index (κ1) is 28.9. The van der Waals surface area contributed by atoms with Crippen LogP contribution in [0.1, 0.15) is 12.7 Å². The smallest absolute Gasteiger partial charge is 0.114 e. The van der Waals surface area contributed by atoms with Gasteiger partial charge < -0.3 is 0 Å². The molecule has 0 atom stereocenters. The fourth-order valence-electron chi connectivity index (χ4n) is 7.45. The predicted molar refractivity (Wildman–Crippen MR) is 207 cm³/mol. The summed E-state index contributed by atoms with van der Waals surface area (Å²) in [5.41, 5.74) is 13.1. The van der Waals surface area contributed by atoms with Gasteiger partial charge in [-0.1, -0.05) is 153 Å². The maximum atomic E-state index is 4.88. The number of para-hydroxylation sites is 2. The molecular formula is C47H34N2. The Bertz CT molecular complexity index is 2600. The Morgan fingerprint density at radius 1 is 0.408 bits per heavy atom. The zero-order valence-corrected chi connectivity index (χ0v) is 27.3. The molecule has 0 aliphatic rings. The average Bonchev–Trinajstić information content (AvgIpc) is 3.56. The molecule has 0 amide bonds. The second-order valence-corrected chi connectivity index (χ2v) is 12.6. The Balaban J connectivity index is 1.17. The SMILES string of the molecule is CCc1nc2ccccc2n1-c1ccc(-c2ccc(-c3c4ccccc4c(-c4ccccc4)c4cc(-c5ccccc5)ccc34)cc2)cc1. The fraction of sp³-hybridized carbons (Fsp3) is 0.0426. The molecule has 9 rings (SSSR count). The van der Waals surface area contributed by atoms with Crippen molar-refractivity contribution in [1.29, 1.82) is 0 Å². The number of aromatic nitrogens is 2. The molecule has 0 unspecified atom stereocenters. The van der Waals surface area contributed by atoms with Gasteiger partial charge in [0.1, 0.15) is 5.82 Å². The van der Waals surface area contributed by atoms with Gasteiger partial charge in [-0.3, -0.25) is 4.57 Å². The van der Waals surface area contributed by atoms with E-state index in [0.717, 1.165) is 29.0 Å². The Hall–Kier alpha value is -6.25. The molecule has 0 spiro atoms. The van der Waals surface area contributed by atoms with E-state index in [0.29, 0.717) is 0 Å². The van der Waals surface area contributed by atoms with Crippen LogP contribution >= 0.6 is 0 Å². The van der Waals surface area contributed by atoms with E-state index >= 15 is 0 Å². The molecule has 9 aromatic rings. The summed E-state index contributed by atoms with van der Waals surface area (Å²) in [6, 6.07) is 63.7. The first-order chi connectivity index (χ1) is 24.3. The lowest BCUT2D eigenvalue weighted by atomic mass is 9.84. The minimum absolute atomic E-state index is 0.876. The third kappa shape index (κ3) is 5.01. The molecule has 0 N–H and O–H groups in total. The third-order valence-electron chi connectivity index (χ3n) is 9.77. The van der Waals surface area contributed by atoms with E-state index in [1.165, 1.54) is 66.1 Å². The highest BCUT2D eigenvalue weighted by molar-refractivity contribution is 6.22. The second-order valence-electron chi connectivity index (χ2n) is 12.6. The van der Waals surface area contributed by atoms with E-state index in [1.807, 2.05) is 0 Å². The lowest BCUT2D eigenvalue weighted by Gasteiger charge is -2.19. The summed E-state index contributed by atoms with van der Waals surface area (Å²) in [5.74, 6) is 1.08. The van der Waals surface area contributed by atoms with E-state index in [9.17, 15) is 0 Å². The van der Waals surface area contributed by atoms with Gasteiger partial charge in [0.05, 0.1) is 11.0 Å². The molecule has 49 heavy (non-hydrogen) atoms. The van der Waals surface area contributed by atoms with Gasteiger partial charge >= 0.3 is 0 Å². The molecule has 0 radical (unpaired) electrons. The molecule has 0 aliphatic heterocycles. The maximum Gasteiger partial charge on any atom is 0.114 e. The number of nitrogens with zero attached hydrogens (tertiary/aromatic N) is 2. The van der Waals surface area contributed by atoms with Crippen molar-refractivity contribution < 1.29 is 0 Å². The summed E-state index contributed by atoms with van der Waals surface area (Å²) in [6.45, 7) is 2.16. The normalized spacial score (nSPS) is 11.4. The van der Waals surface area contributed by atoms with Crippen molar-refractivity contribution in [3.8, 4) is 50.2 Å². The fourth-order valence-corrected chi connectivity index (χ4v) is 7.45. The number of hydrogen-bond acceptors (Lipinski definition) is 1. The van der Waals surface area contributed by atoms with Crippen molar-refractivity contribution >= 4 is 32.6 Å². The Labute approximate surface area is 286 Å². The van der Waals surface area contributed by atoms with Gasteiger partial charge in [0.25, 0.3) is 0 Å². The number of hydrogen-bond donors (Lipinski definition) is 0. The Morgan fingerprint density at radius 3 is 1.55 bits per heavy atom. The molecule has 0 bridgehead atoms. The van der Waals surface area contributed by atoms with Crippen LogP contribution in [0.5, 0.6) is 0 Å². The van der Waals surface area contributed by atoms with Crippen LogP contribution in [0, 0.1) is 0 Å². The highest BCUT2D eigenvalue weighted by Crippen LogP contribution is 2.45. The molecule has 0 aliphatic carbocycles. The number of rotatable bonds is 6. The van der Waals surface area contributed by atoms with Gasteiger partial charge in [0, 0.05) is 12.1 Å². The summed E-state index contributed by atoms with van der Waals surface area (Å²) >= 11 is 0. The van der Waals surface area contributed by atoms with E-state index < -0.39 is 0 Å². The molecule has 2 heteroatoms. The molecule has 8 aromatic carbocycles. The molecule has 2 nitrogen and oxygen atoms in total. The number of aryl methyl sites for hydroxylation is 1. The number of fused-ring (bicyclic) bond motifs is 3. The average molecular weight is 627 g/mol. The quantitative estimate of drug-likeness (QED) is 0.168. The molecule has 1 heterocycles. The molecule has 0 saturated heterocycles. The lowest BCUT2D eigenvalue weighted by molar-refractivity contribution is 0.908. The Morgan fingerprint density at radius 2 is 0.878 bits per heavy atom. The first-order valence-electron chi connectivity index (χ1n) is 17.0. The summed E-state index contributed by atoms with van der Waals surface area (Å²) in [4.78, 5) is 4.88. The van der Waals surface area contributed by atoms with Gasteiger partial charge in [-0.25, -0.2) is 4.98 Å². The topological polar surface area (TPSA) is 17.8 Å². The van der Waals surface area contributed by atoms with Gasteiger partial charge in [-0.2, -0.15) is 0 Å². The molecule has 0 saturated carbocycles. The van der Waals surface area contributed by atoms with Crippen LogP contribution in [-0.2, 0) is 6.42 Å². The predicted octanol–water partition coefficient (Wildman–Crippen LogP) is 12.6. The number of benzene rings is 8. The van der Waals surface area contributed by atoms with Gasteiger partial charge in [0.15, 0.2) is 0 Å². The largest absolute Gasteiger partial charge is 0.296 e. The first-order valence-corrected chi connectivity index (χ1v) is 17.0. The highest BCUT2D eigenvalue weighted by Gasteiger charge is 2.18. The van der Waals surface area contributed by atoms with E-state index in [4.69, 9.17) is 4.98 Å². The van der Waals surface area contributed by atoms with Crippen LogP contribution < -0.4 is 0 Å². The zero-order chi connectivity index (χ0) is 32.7. The second kappa shape index (κ2) is 12.1. The molecule has 1 aromatic heterocycles. The van der Waals surface area contributed by atoms with Crippen molar-refractivity contribution in [2.24, 2.45) is 0 Å². The zero-order valence-electron chi connectivity index (χ0n) is 27.3. The molecule has 0 fully saturated rings. The summed E-state index contributed by atoms with van der Waals surface area (Å²) in [7, 11) is 0. The summed E-state index contributed by atoms with van der Waals surface area (Å²) in [5, 5.41) is 5.05. The summed E-state index contributed by atoms with van der Waals surface area (Å²) < 4.78 is 2.28. The minimum atomic E-state index is 0.876. The third-order valence-corrected chi connectivity index (χ3v) is 9.77. The van der Waals surface area contributed by atoms with Gasteiger partial charge in [-0.05, 0) is 96.4 Å². The van der Waals surface area contributed by atoms with E-state index in [-0.39, 0.29) is 0 Å². The highest BCUT2D eigenvalue weighted by atomic mass is 15.1. The van der Waals surface area contributed by atoms with Crippen molar-refractivity contribution in [3.63, 3.8) is 0 Å². The maximum absolute atomic E-state index is 4.88. The molecular weight excluding hydrogens is 593 g/mol. The van der Waals surface area contributed by atoms with Crippen LogP contribution in [0.3, 0.4) is 0 Å². The standard InChI is InChI=1S/C47H34N2/c1-2-45-48-43-19-11-12-20-44(43)49(45)38-28-25-34(26-29-38)33-21-23-36(24-22-33)46-39-17-9-10-18-40(39)47(35-15-7-4-8-16-35)42-31-37(27-30-41(42)46)32-13-5-3-6-14-32/h3-31H,2H2,1H3. The monoisotopic (exact) mass is 626 g/mol. The van der Waals surface area contributed by atoms with Crippen molar-refractivity contribution in [2.45, 2.75) is 13.3 Å². The van der Waals surface area contributed by atoms with Crippen LogP contribution in [-0.4, -0.2) is 9.55 Å². The van der Waals surface area contributed by atoms with E-state index in [1.54, 1.807) is 0 Å². The van der Waals surface area contributed by atoms with Crippen LogP contribution in [0.2, 0.25) is 0 Å². The van der Waals surface area contributed by atoms with Crippen molar-refractivity contribution in [2.75, 3.05) is 0 Å². The van der Waals surface area contributed by atoms with E-state index in [2.05, 4.69) is 187 Å². The number of imidazole rings is 1. The van der Waals surface area contributed by atoms with Gasteiger partial charge in [0.2, 0.25) is 0 Å². The minimum Gasteiger partial charge on any atom is -0.296 e. The van der Waals surface area contributed by atoms with Crippen LogP contribution in [0.15, 0.2) is 176 Å². The van der Waals surface area contributed by atoms with Crippen LogP contribution in [0.25, 0.3) is 82.8 Å². The van der Waals surface area contributed by atoms with Gasteiger partial charge in [-0.15, -0.1) is 0 Å². The van der Waals surface area contributed by atoms with Crippen molar-refractivity contribution in [3.05, 3.63) is 182 Å². The van der Waals surface area contributed by atoms with Crippen molar-refractivity contribution in [1.82, 2.24) is 9.55 Å².